The van der Waals surface area contributed by atoms with Crippen molar-refractivity contribution < 1.29 is 14.8 Å². The summed E-state index contributed by atoms with van der Waals surface area (Å²) in [6.07, 6.45) is 2.82. The Morgan fingerprint density at radius 1 is 1.60 bits per heavy atom. The van der Waals surface area contributed by atoms with Gasteiger partial charge in [-0.1, -0.05) is 0 Å². The van der Waals surface area contributed by atoms with E-state index in [9.17, 15) is 14.9 Å². The van der Waals surface area contributed by atoms with Crippen LogP contribution < -0.4 is 5.32 Å². The first-order chi connectivity index (χ1) is 9.51. The molecule has 2 atom stereocenters. The molecule has 1 heterocycles. The second-order valence-electron chi connectivity index (χ2n) is 4.65. The lowest BCUT2D eigenvalue weighted by molar-refractivity contribution is -0.384. The zero-order valence-electron chi connectivity index (χ0n) is 10.4. The SMILES string of the molecule is N#Cc1cnc(N[C@H]2CC[C@@H](C(=O)O)C2)c([N+](=O)[O-])c1. The first kappa shape index (κ1) is 13.7. The minimum atomic E-state index is -0.850. The van der Waals surface area contributed by atoms with Crippen LogP contribution in [0.3, 0.4) is 0 Å². The van der Waals surface area contributed by atoms with E-state index in [2.05, 4.69) is 10.3 Å². The molecule has 0 aromatic carbocycles. The van der Waals surface area contributed by atoms with Gasteiger partial charge in [0.2, 0.25) is 5.82 Å². The number of pyridine rings is 1. The highest BCUT2D eigenvalue weighted by atomic mass is 16.6. The summed E-state index contributed by atoms with van der Waals surface area (Å²) in [5.41, 5.74) is -0.167. The Kier molecular flexibility index (Phi) is 3.79. The van der Waals surface area contributed by atoms with E-state index in [-0.39, 0.29) is 23.1 Å². The van der Waals surface area contributed by atoms with Crippen LogP contribution in [0.4, 0.5) is 11.5 Å². The predicted octanol–water partition coefficient (Wildman–Crippen LogP) is 1.53. The molecule has 0 unspecified atom stereocenters. The Morgan fingerprint density at radius 2 is 2.35 bits per heavy atom. The van der Waals surface area contributed by atoms with Gasteiger partial charge in [-0.25, -0.2) is 4.98 Å². The number of rotatable bonds is 4. The quantitative estimate of drug-likeness (QED) is 0.629. The van der Waals surface area contributed by atoms with Crippen molar-refractivity contribution in [3.8, 4) is 6.07 Å². The third kappa shape index (κ3) is 2.83. The average Bonchev–Trinajstić information content (AvgIpc) is 2.87. The highest BCUT2D eigenvalue weighted by Crippen LogP contribution is 2.30. The number of nitriles is 1. The van der Waals surface area contributed by atoms with Gasteiger partial charge < -0.3 is 10.4 Å². The summed E-state index contributed by atoms with van der Waals surface area (Å²) in [6.45, 7) is 0. The molecule has 0 spiro atoms. The number of hydrogen-bond donors (Lipinski definition) is 2. The molecule has 1 fully saturated rings. The Morgan fingerprint density at radius 3 is 2.90 bits per heavy atom. The fraction of sp³-hybridized carbons (Fsp3) is 0.417. The van der Waals surface area contributed by atoms with Gasteiger partial charge in [-0.3, -0.25) is 14.9 Å². The van der Waals surface area contributed by atoms with Gasteiger partial charge in [0, 0.05) is 18.3 Å². The molecule has 1 aliphatic carbocycles. The molecule has 0 saturated heterocycles. The molecular weight excluding hydrogens is 264 g/mol. The summed E-state index contributed by atoms with van der Waals surface area (Å²) in [7, 11) is 0. The molecule has 104 valence electrons. The molecule has 0 amide bonds. The van der Waals surface area contributed by atoms with Crippen molar-refractivity contribution in [2.75, 3.05) is 5.32 Å². The lowest BCUT2D eigenvalue weighted by atomic mass is 10.1. The number of nitrogens with zero attached hydrogens (tertiary/aromatic N) is 3. The van der Waals surface area contributed by atoms with Crippen LogP contribution in [0.5, 0.6) is 0 Å². The maximum atomic E-state index is 11.0. The van der Waals surface area contributed by atoms with E-state index in [1.165, 1.54) is 6.20 Å². The van der Waals surface area contributed by atoms with Crippen molar-refractivity contribution >= 4 is 17.5 Å². The van der Waals surface area contributed by atoms with Crippen LogP contribution in [0.15, 0.2) is 12.3 Å². The third-order valence-electron chi connectivity index (χ3n) is 3.32. The van der Waals surface area contributed by atoms with Crippen molar-refractivity contribution in [3.63, 3.8) is 0 Å². The molecule has 1 aromatic heterocycles. The van der Waals surface area contributed by atoms with Gasteiger partial charge in [-0.15, -0.1) is 0 Å². The molecule has 8 heteroatoms. The number of anilines is 1. The van der Waals surface area contributed by atoms with E-state index in [1.807, 2.05) is 0 Å². The molecule has 2 N–H and O–H groups in total. The summed E-state index contributed by atoms with van der Waals surface area (Å²) in [4.78, 5) is 25.1. The van der Waals surface area contributed by atoms with E-state index >= 15 is 0 Å². The van der Waals surface area contributed by atoms with Crippen LogP contribution in [-0.2, 0) is 4.79 Å². The van der Waals surface area contributed by atoms with Gasteiger partial charge in [0.25, 0.3) is 0 Å². The minimum Gasteiger partial charge on any atom is -0.481 e. The van der Waals surface area contributed by atoms with E-state index in [1.54, 1.807) is 6.07 Å². The van der Waals surface area contributed by atoms with E-state index in [4.69, 9.17) is 10.4 Å². The molecule has 0 radical (unpaired) electrons. The van der Waals surface area contributed by atoms with Crippen LogP contribution in [-0.4, -0.2) is 27.0 Å². The predicted molar refractivity (Wildman–Crippen MR) is 68.0 cm³/mol. The molecule has 1 saturated carbocycles. The summed E-state index contributed by atoms with van der Waals surface area (Å²) in [5.74, 6) is -1.20. The molecule has 8 nitrogen and oxygen atoms in total. The normalized spacial score (nSPS) is 21.1. The lowest BCUT2D eigenvalue weighted by Crippen LogP contribution is -2.19. The number of nitrogens with one attached hydrogen (secondary N) is 1. The first-order valence-corrected chi connectivity index (χ1v) is 6.05. The second-order valence-corrected chi connectivity index (χ2v) is 4.65. The van der Waals surface area contributed by atoms with Gasteiger partial charge in [-0.2, -0.15) is 5.26 Å². The van der Waals surface area contributed by atoms with E-state index in [0.717, 1.165) is 6.07 Å². The van der Waals surface area contributed by atoms with Crippen molar-refractivity contribution in [2.45, 2.75) is 25.3 Å². The maximum Gasteiger partial charge on any atom is 0.312 e. The molecule has 2 rings (SSSR count). The topological polar surface area (TPSA) is 129 Å². The number of carboxylic acid groups (broad SMARTS) is 1. The smallest absolute Gasteiger partial charge is 0.312 e. The fourth-order valence-electron chi connectivity index (χ4n) is 2.29. The van der Waals surface area contributed by atoms with E-state index < -0.39 is 16.8 Å². The maximum absolute atomic E-state index is 11.0. The number of carboxylic acids is 1. The number of aliphatic carboxylic acids is 1. The monoisotopic (exact) mass is 276 g/mol. The highest BCUT2D eigenvalue weighted by molar-refractivity contribution is 5.70. The van der Waals surface area contributed by atoms with Gasteiger partial charge in [0.05, 0.1) is 16.4 Å². The first-order valence-electron chi connectivity index (χ1n) is 6.05. The Balaban J connectivity index is 2.16. The average molecular weight is 276 g/mol. The number of aromatic nitrogens is 1. The van der Waals surface area contributed by atoms with Gasteiger partial charge in [0.1, 0.15) is 6.07 Å². The Hall–Kier alpha value is -2.69. The van der Waals surface area contributed by atoms with Crippen molar-refractivity contribution in [1.29, 1.82) is 5.26 Å². The second kappa shape index (κ2) is 5.52. The number of nitro groups is 1. The third-order valence-corrected chi connectivity index (χ3v) is 3.32. The van der Waals surface area contributed by atoms with Crippen molar-refractivity contribution in [3.05, 3.63) is 27.9 Å². The summed E-state index contributed by atoms with van der Waals surface area (Å²) < 4.78 is 0. The lowest BCUT2D eigenvalue weighted by Gasteiger charge is -2.13. The van der Waals surface area contributed by atoms with Crippen LogP contribution in [0.1, 0.15) is 24.8 Å². The molecule has 1 aromatic rings. The highest BCUT2D eigenvalue weighted by Gasteiger charge is 2.31. The largest absolute Gasteiger partial charge is 0.481 e. The molecule has 20 heavy (non-hydrogen) atoms. The zero-order valence-corrected chi connectivity index (χ0v) is 10.4. The molecular formula is C12H12N4O4. The van der Waals surface area contributed by atoms with Gasteiger partial charge in [-0.05, 0) is 19.3 Å². The number of hydrogen-bond acceptors (Lipinski definition) is 6. The summed E-state index contributed by atoms with van der Waals surface area (Å²) >= 11 is 0. The minimum absolute atomic E-state index is 0.0741. The van der Waals surface area contributed by atoms with Crippen LogP contribution in [0.25, 0.3) is 0 Å². The van der Waals surface area contributed by atoms with Gasteiger partial charge in [0.15, 0.2) is 0 Å². The van der Waals surface area contributed by atoms with E-state index in [0.29, 0.717) is 19.3 Å². The Bertz CT molecular complexity index is 596. The molecule has 0 aliphatic heterocycles. The van der Waals surface area contributed by atoms with Gasteiger partial charge >= 0.3 is 11.7 Å². The van der Waals surface area contributed by atoms with Crippen LogP contribution in [0, 0.1) is 27.4 Å². The fourth-order valence-corrected chi connectivity index (χ4v) is 2.29. The molecule has 0 bridgehead atoms. The Labute approximate surface area is 114 Å². The summed E-state index contributed by atoms with van der Waals surface area (Å²) in [5, 5.41) is 31.5. The van der Waals surface area contributed by atoms with Crippen LogP contribution >= 0.6 is 0 Å². The zero-order chi connectivity index (χ0) is 14.7. The van der Waals surface area contributed by atoms with Crippen LogP contribution in [0.2, 0.25) is 0 Å². The van der Waals surface area contributed by atoms with Crippen molar-refractivity contribution in [2.24, 2.45) is 5.92 Å². The summed E-state index contributed by atoms with van der Waals surface area (Å²) in [6, 6.07) is 2.79. The van der Waals surface area contributed by atoms with Crippen molar-refractivity contribution in [1.82, 2.24) is 4.98 Å². The number of carbonyl (C=O) groups is 1. The molecule has 1 aliphatic rings. The standard InChI is InChI=1S/C12H12N4O4/c13-5-7-3-10(16(19)20)11(14-6-7)15-9-2-1-8(4-9)12(17)18/h3,6,8-9H,1-2,4H2,(H,14,15)(H,17,18)/t8-,9+/m1/s1.